The summed E-state index contributed by atoms with van der Waals surface area (Å²) in [5.74, 6) is -0.247. The highest BCUT2D eigenvalue weighted by Gasteiger charge is 2.33. The molecule has 2 aromatic rings. The van der Waals surface area contributed by atoms with Crippen LogP contribution in [0.1, 0.15) is 47.7 Å². The number of halogens is 1. The quantitative estimate of drug-likeness (QED) is 0.563. The van der Waals surface area contributed by atoms with E-state index in [4.69, 9.17) is 0 Å². The minimum Gasteiger partial charge on any atom is -0.508 e. The second-order valence-electron chi connectivity index (χ2n) is 7.32. The smallest absolute Gasteiger partial charge is 0.123 e. The molecule has 1 N–H and O–H groups in total. The van der Waals surface area contributed by atoms with Crippen molar-refractivity contribution in [2.75, 3.05) is 0 Å². The van der Waals surface area contributed by atoms with Crippen LogP contribution in [0, 0.1) is 19.7 Å². The number of aryl methyl sites for hydroxylation is 2. The lowest BCUT2D eigenvalue weighted by Gasteiger charge is -2.41. The minimum atomic E-state index is -0.246. The van der Waals surface area contributed by atoms with Gasteiger partial charge in [-0.05, 0) is 72.4 Å². The Bertz CT molecular complexity index is 1030. The van der Waals surface area contributed by atoms with Crippen molar-refractivity contribution in [3.63, 3.8) is 0 Å². The highest BCUT2D eigenvalue weighted by atomic mass is 19.1. The predicted octanol–water partition coefficient (Wildman–Crippen LogP) is 6.93. The Hall–Kier alpha value is -3.07. The van der Waals surface area contributed by atoms with Gasteiger partial charge in [-0.1, -0.05) is 45.2 Å². The molecule has 2 nitrogen and oxygen atoms in total. The Kier molecular flexibility index (Phi) is 5.78. The van der Waals surface area contributed by atoms with Crippen LogP contribution in [0.5, 0.6) is 0 Å². The van der Waals surface area contributed by atoms with Crippen molar-refractivity contribution in [3.05, 3.63) is 112 Å². The number of hydrogen-bond donors (Lipinski definition) is 1. The lowest BCUT2D eigenvalue weighted by molar-refractivity contribution is 0.365. The molecule has 2 aromatic carbocycles. The molecule has 2 aliphatic heterocycles. The van der Waals surface area contributed by atoms with Crippen molar-refractivity contribution in [2.24, 2.45) is 0 Å². The first kappa shape index (κ1) is 20.7. The van der Waals surface area contributed by atoms with E-state index in [1.54, 1.807) is 0 Å². The molecule has 0 bridgehead atoms. The summed E-state index contributed by atoms with van der Waals surface area (Å²) in [5.41, 5.74) is 8.37. The van der Waals surface area contributed by atoms with Crippen LogP contribution in [0.4, 0.5) is 4.39 Å². The third-order valence-electron chi connectivity index (χ3n) is 5.51. The second kappa shape index (κ2) is 8.12. The van der Waals surface area contributed by atoms with E-state index in [-0.39, 0.29) is 17.6 Å². The standard InChI is InChI=1S/C24H22FNO.C2H6/c1-14-9-19-12-23(18-5-7-20(25)8-6-18)26-13-22(17(4)27)16(3)11-24(26)21(19)10-15(14)2;1-2/h5-11,13,23,27H,3-4,12H2,1-2H3;1-2H3. The summed E-state index contributed by atoms with van der Waals surface area (Å²) in [6.07, 6.45) is 4.71. The van der Waals surface area contributed by atoms with E-state index in [1.807, 2.05) is 38.3 Å². The SMILES string of the molecule is C=C(O)C1=CN2C(=CC1=C)c1cc(C)c(C)cc1CC2c1ccc(F)cc1.CC. The zero-order valence-electron chi connectivity index (χ0n) is 17.6. The zero-order chi connectivity index (χ0) is 21.3. The number of benzene rings is 2. The number of fused-ring (bicyclic) bond motifs is 3. The first-order valence-electron chi connectivity index (χ1n) is 10.0. The Labute approximate surface area is 173 Å². The maximum absolute atomic E-state index is 13.4. The molecule has 1 atom stereocenters. The second-order valence-corrected chi connectivity index (χ2v) is 7.32. The highest BCUT2D eigenvalue weighted by molar-refractivity contribution is 5.77. The average molecular weight is 390 g/mol. The van der Waals surface area contributed by atoms with E-state index in [2.05, 4.69) is 44.0 Å². The zero-order valence-corrected chi connectivity index (χ0v) is 17.6. The molecule has 0 spiro atoms. The van der Waals surface area contributed by atoms with Crippen molar-refractivity contribution in [1.82, 2.24) is 4.90 Å². The monoisotopic (exact) mass is 389 g/mol. The van der Waals surface area contributed by atoms with Crippen molar-refractivity contribution >= 4 is 5.70 Å². The molecule has 0 saturated carbocycles. The summed E-state index contributed by atoms with van der Waals surface area (Å²) in [7, 11) is 0. The lowest BCUT2D eigenvalue weighted by Crippen LogP contribution is -2.31. The van der Waals surface area contributed by atoms with E-state index in [0.717, 1.165) is 23.3 Å². The molecule has 1 unspecified atom stereocenters. The van der Waals surface area contributed by atoms with Gasteiger partial charge in [0.15, 0.2) is 0 Å². The van der Waals surface area contributed by atoms with Crippen LogP contribution in [0.3, 0.4) is 0 Å². The van der Waals surface area contributed by atoms with Crippen LogP contribution < -0.4 is 0 Å². The Morgan fingerprint density at radius 3 is 2.34 bits per heavy atom. The fraction of sp³-hybridized carbons (Fsp3) is 0.231. The third kappa shape index (κ3) is 3.77. The summed E-state index contributed by atoms with van der Waals surface area (Å²) in [6, 6.07) is 11.1. The van der Waals surface area contributed by atoms with Gasteiger partial charge in [-0.2, -0.15) is 0 Å². The summed E-state index contributed by atoms with van der Waals surface area (Å²) < 4.78 is 13.4. The third-order valence-corrected chi connectivity index (χ3v) is 5.51. The first-order chi connectivity index (χ1) is 13.8. The van der Waals surface area contributed by atoms with Crippen molar-refractivity contribution in [2.45, 2.75) is 40.2 Å². The van der Waals surface area contributed by atoms with Crippen molar-refractivity contribution in [3.8, 4) is 0 Å². The van der Waals surface area contributed by atoms with Crippen LogP contribution in [0.2, 0.25) is 0 Å². The van der Waals surface area contributed by atoms with Gasteiger partial charge in [-0.3, -0.25) is 0 Å². The molecule has 0 radical (unpaired) electrons. The topological polar surface area (TPSA) is 23.5 Å². The number of aliphatic hydroxyl groups is 1. The molecule has 0 aliphatic carbocycles. The van der Waals surface area contributed by atoms with E-state index < -0.39 is 0 Å². The van der Waals surface area contributed by atoms with Gasteiger partial charge in [-0.15, -0.1) is 0 Å². The molecule has 4 rings (SSSR count). The molecule has 150 valence electrons. The Morgan fingerprint density at radius 2 is 1.72 bits per heavy atom. The molecule has 0 amide bonds. The molecule has 2 heterocycles. The molecular formula is C26H28FNO. The molecular weight excluding hydrogens is 361 g/mol. The van der Waals surface area contributed by atoms with Gasteiger partial charge in [-0.25, -0.2) is 4.39 Å². The van der Waals surface area contributed by atoms with Gasteiger partial charge >= 0.3 is 0 Å². The van der Waals surface area contributed by atoms with E-state index >= 15 is 0 Å². The predicted molar refractivity (Wildman–Crippen MR) is 119 cm³/mol. The van der Waals surface area contributed by atoms with Crippen LogP contribution in [0.25, 0.3) is 5.70 Å². The molecule has 0 aromatic heterocycles. The minimum absolute atomic E-state index is 0.000889. The van der Waals surface area contributed by atoms with E-state index in [1.165, 1.54) is 34.4 Å². The number of nitrogens with zero attached hydrogens (tertiary/aromatic N) is 1. The first-order valence-corrected chi connectivity index (χ1v) is 10.0. The van der Waals surface area contributed by atoms with Gasteiger partial charge in [0.05, 0.1) is 6.04 Å². The summed E-state index contributed by atoms with van der Waals surface area (Å²) in [6.45, 7) is 16.0. The van der Waals surface area contributed by atoms with Crippen molar-refractivity contribution in [1.29, 1.82) is 0 Å². The normalized spacial score (nSPS) is 17.3. The van der Waals surface area contributed by atoms with Crippen LogP contribution in [-0.2, 0) is 6.42 Å². The maximum atomic E-state index is 13.4. The highest BCUT2D eigenvalue weighted by Crippen LogP contribution is 2.44. The Balaban J connectivity index is 0.00000117. The summed E-state index contributed by atoms with van der Waals surface area (Å²) in [4.78, 5) is 2.15. The van der Waals surface area contributed by atoms with Gasteiger partial charge in [0.25, 0.3) is 0 Å². The van der Waals surface area contributed by atoms with E-state index in [0.29, 0.717) is 5.57 Å². The van der Waals surface area contributed by atoms with Gasteiger partial charge in [0.1, 0.15) is 11.6 Å². The summed E-state index contributed by atoms with van der Waals surface area (Å²) >= 11 is 0. The largest absolute Gasteiger partial charge is 0.508 e. The van der Waals surface area contributed by atoms with E-state index in [9.17, 15) is 9.50 Å². The number of hydrogen-bond acceptors (Lipinski definition) is 2. The molecule has 3 heteroatoms. The van der Waals surface area contributed by atoms with Gasteiger partial charge in [0.2, 0.25) is 0 Å². The van der Waals surface area contributed by atoms with Crippen LogP contribution in [-0.4, -0.2) is 10.0 Å². The molecule has 0 saturated heterocycles. The maximum Gasteiger partial charge on any atom is 0.123 e. The average Bonchev–Trinajstić information content (AvgIpc) is 2.70. The van der Waals surface area contributed by atoms with Crippen molar-refractivity contribution < 1.29 is 9.50 Å². The number of aliphatic hydroxyl groups excluding tert-OH is 1. The number of allylic oxidation sites excluding steroid dienone is 2. The number of rotatable bonds is 2. The molecule has 2 aliphatic rings. The van der Waals surface area contributed by atoms with Crippen LogP contribution in [0.15, 0.2) is 78.7 Å². The summed E-state index contributed by atoms with van der Waals surface area (Å²) in [5, 5.41) is 9.98. The Morgan fingerprint density at radius 1 is 1.10 bits per heavy atom. The molecule has 0 fully saturated rings. The van der Waals surface area contributed by atoms with Crippen LogP contribution >= 0.6 is 0 Å². The fourth-order valence-electron chi connectivity index (χ4n) is 3.90. The fourth-order valence-corrected chi connectivity index (χ4v) is 3.90. The lowest BCUT2D eigenvalue weighted by atomic mass is 9.83. The van der Waals surface area contributed by atoms with Gasteiger partial charge < -0.3 is 10.0 Å². The van der Waals surface area contributed by atoms with Gasteiger partial charge in [0, 0.05) is 23.0 Å². The molecule has 29 heavy (non-hydrogen) atoms.